The summed E-state index contributed by atoms with van der Waals surface area (Å²) < 4.78 is 28.3. The number of allylic oxidation sites excluding steroid dienone is 2. The maximum atomic E-state index is 14.4. The summed E-state index contributed by atoms with van der Waals surface area (Å²) in [5.74, 6) is -3.07. The number of hydrogen-bond acceptors (Lipinski definition) is 4. The first-order valence-corrected chi connectivity index (χ1v) is 13.4. The Balaban J connectivity index is 2.66. The third kappa shape index (κ3) is 8.20. The van der Waals surface area contributed by atoms with Crippen LogP contribution in [0.5, 0.6) is 0 Å². The number of unbranched alkanes of at least 4 members (excludes halogenated alkanes) is 1. The predicted molar refractivity (Wildman–Crippen MR) is 143 cm³/mol. The van der Waals surface area contributed by atoms with E-state index in [1.54, 1.807) is 17.9 Å². The number of hydrogen-bond donors (Lipinski definition) is 3. The summed E-state index contributed by atoms with van der Waals surface area (Å²) in [7, 11) is 0. The van der Waals surface area contributed by atoms with Crippen LogP contribution in [0, 0.1) is 23.0 Å². The number of aliphatic hydroxyl groups excluding tert-OH is 1. The molecular formula is C29H43F2N3O3. The van der Waals surface area contributed by atoms with E-state index in [1.165, 1.54) is 12.1 Å². The Labute approximate surface area is 220 Å². The van der Waals surface area contributed by atoms with Gasteiger partial charge in [-0.25, -0.2) is 8.78 Å². The highest BCUT2D eigenvalue weighted by Gasteiger charge is 2.50. The molecule has 1 aromatic carbocycles. The first-order valence-electron chi connectivity index (χ1n) is 13.4. The van der Waals surface area contributed by atoms with Crippen molar-refractivity contribution in [1.82, 2.24) is 10.2 Å². The predicted octanol–water partition coefficient (Wildman–Crippen LogP) is 4.27. The van der Waals surface area contributed by atoms with Crippen LogP contribution in [-0.4, -0.2) is 54.1 Å². The molecule has 0 radical (unpaired) electrons. The van der Waals surface area contributed by atoms with Crippen LogP contribution in [0.1, 0.15) is 65.4 Å². The normalized spacial score (nSPS) is 19.1. The van der Waals surface area contributed by atoms with Gasteiger partial charge in [0.25, 0.3) is 0 Å². The van der Waals surface area contributed by atoms with Crippen LogP contribution < -0.4 is 11.1 Å². The van der Waals surface area contributed by atoms with E-state index in [4.69, 9.17) is 5.73 Å². The van der Waals surface area contributed by atoms with E-state index in [0.29, 0.717) is 36.3 Å². The van der Waals surface area contributed by atoms with Gasteiger partial charge in [-0.15, -0.1) is 0 Å². The van der Waals surface area contributed by atoms with Crippen molar-refractivity contribution < 1.29 is 23.5 Å². The zero-order valence-electron chi connectivity index (χ0n) is 22.7. The van der Waals surface area contributed by atoms with Gasteiger partial charge in [-0.2, -0.15) is 0 Å². The highest BCUT2D eigenvalue weighted by molar-refractivity contribution is 5.96. The number of primary amides is 1. The minimum absolute atomic E-state index is 0.0108. The van der Waals surface area contributed by atoms with Crippen LogP contribution >= 0.6 is 0 Å². The van der Waals surface area contributed by atoms with Crippen molar-refractivity contribution in [3.05, 3.63) is 58.7 Å². The molecule has 1 unspecified atom stereocenters. The molecule has 1 aliphatic rings. The number of nitrogens with one attached hydrogen (secondary N) is 1. The maximum Gasteiger partial charge on any atom is 0.244 e. The van der Waals surface area contributed by atoms with Crippen molar-refractivity contribution in [2.75, 3.05) is 26.2 Å². The second-order valence-corrected chi connectivity index (χ2v) is 10.1. The van der Waals surface area contributed by atoms with E-state index in [1.807, 2.05) is 19.9 Å². The van der Waals surface area contributed by atoms with Gasteiger partial charge in [0, 0.05) is 37.2 Å². The molecule has 2 amide bonds. The van der Waals surface area contributed by atoms with E-state index in [9.17, 15) is 23.5 Å². The molecule has 6 nitrogen and oxygen atoms in total. The van der Waals surface area contributed by atoms with Gasteiger partial charge in [0.15, 0.2) is 0 Å². The molecule has 3 atom stereocenters. The summed E-state index contributed by atoms with van der Waals surface area (Å²) in [6.45, 7) is 9.75. The zero-order valence-corrected chi connectivity index (χ0v) is 22.7. The van der Waals surface area contributed by atoms with Crippen LogP contribution in [0.2, 0.25) is 0 Å². The molecule has 1 aliphatic carbocycles. The molecule has 1 aromatic rings. The fourth-order valence-corrected chi connectivity index (χ4v) is 5.32. The minimum Gasteiger partial charge on any atom is -0.391 e. The van der Waals surface area contributed by atoms with Gasteiger partial charge < -0.3 is 21.1 Å². The molecule has 37 heavy (non-hydrogen) atoms. The number of carbonyl (C=O) groups excluding carboxylic acids is 2. The molecule has 0 spiro atoms. The molecule has 0 fully saturated rings. The molecular weight excluding hydrogens is 476 g/mol. The van der Waals surface area contributed by atoms with Crippen molar-refractivity contribution in [1.29, 1.82) is 0 Å². The molecule has 4 N–H and O–H groups in total. The Morgan fingerprint density at radius 1 is 1.11 bits per heavy atom. The second-order valence-electron chi connectivity index (χ2n) is 10.1. The Morgan fingerprint density at radius 2 is 1.73 bits per heavy atom. The van der Waals surface area contributed by atoms with Gasteiger partial charge >= 0.3 is 0 Å². The standard InChI is InChI=1S/C29H43F2N3O3/c1-5-8-9-33-19-26(35)25(15-21-13-23(30)16-24(31)14-21)29(28(37)34(10-6-2)11-7-3)17-20(4)12-22(18-29)27(32)36/h12-14,16-17,25-26,33,35H,5-11,15,18-19H2,1-4H3,(H2,32,36)/t25-,26+,29?/m1/s1. The molecule has 8 heteroatoms. The summed E-state index contributed by atoms with van der Waals surface area (Å²) >= 11 is 0. The van der Waals surface area contributed by atoms with E-state index < -0.39 is 35.0 Å². The maximum absolute atomic E-state index is 14.4. The topological polar surface area (TPSA) is 95.7 Å². The second kappa shape index (κ2) is 14.4. The molecule has 0 bridgehead atoms. The fraction of sp³-hybridized carbons (Fsp3) is 0.586. The highest BCUT2D eigenvalue weighted by Crippen LogP contribution is 2.45. The van der Waals surface area contributed by atoms with Gasteiger partial charge in [0.05, 0.1) is 11.5 Å². The summed E-state index contributed by atoms with van der Waals surface area (Å²) in [6, 6.07) is 3.25. The lowest BCUT2D eigenvalue weighted by molar-refractivity contribution is -0.145. The van der Waals surface area contributed by atoms with Gasteiger partial charge in [-0.3, -0.25) is 9.59 Å². The van der Waals surface area contributed by atoms with Gasteiger partial charge in [0.1, 0.15) is 11.6 Å². The van der Waals surface area contributed by atoms with Gasteiger partial charge in [0.2, 0.25) is 11.8 Å². The molecule has 0 saturated heterocycles. The Kier molecular flexibility index (Phi) is 11.9. The first-order chi connectivity index (χ1) is 17.6. The first kappa shape index (κ1) is 30.6. The van der Waals surface area contributed by atoms with Crippen molar-refractivity contribution in [3.63, 3.8) is 0 Å². The van der Waals surface area contributed by atoms with E-state index >= 15 is 0 Å². The van der Waals surface area contributed by atoms with E-state index in [2.05, 4.69) is 12.2 Å². The van der Waals surface area contributed by atoms with E-state index in [-0.39, 0.29) is 25.3 Å². The van der Waals surface area contributed by atoms with Crippen molar-refractivity contribution >= 4 is 11.8 Å². The molecule has 206 valence electrons. The number of rotatable bonds is 15. The summed E-state index contributed by atoms with van der Waals surface area (Å²) in [5, 5.41) is 14.8. The summed E-state index contributed by atoms with van der Waals surface area (Å²) in [5.41, 5.74) is 5.69. The zero-order chi connectivity index (χ0) is 27.6. The lowest BCUT2D eigenvalue weighted by atomic mass is 9.63. The molecule has 0 aliphatic heterocycles. The Bertz CT molecular complexity index is 968. The highest BCUT2D eigenvalue weighted by atomic mass is 19.1. The lowest BCUT2D eigenvalue weighted by Crippen LogP contribution is -2.54. The summed E-state index contributed by atoms with van der Waals surface area (Å²) in [4.78, 5) is 28.5. The SMILES string of the molecule is CCCCNC[C@H](O)[C@@H](Cc1cc(F)cc(F)c1)C1(C(=O)N(CCC)CCC)C=C(C)C=C(C(N)=O)C1. The van der Waals surface area contributed by atoms with E-state index in [0.717, 1.165) is 31.7 Å². The number of benzene rings is 1. The molecule has 0 saturated carbocycles. The average Bonchev–Trinajstić information content (AvgIpc) is 2.83. The summed E-state index contributed by atoms with van der Waals surface area (Å²) in [6.07, 6.45) is 5.89. The lowest BCUT2D eigenvalue weighted by Gasteiger charge is -2.45. The van der Waals surface area contributed by atoms with Gasteiger partial charge in [-0.05, 0) is 63.3 Å². The number of carbonyl (C=O) groups is 2. The monoisotopic (exact) mass is 519 g/mol. The van der Waals surface area contributed by atoms with Crippen LogP contribution in [0.3, 0.4) is 0 Å². The number of aliphatic hydroxyl groups is 1. The van der Waals surface area contributed by atoms with Crippen molar-refractivity contribution in [3.8, 4) is 0 Å². The quantitative estimate of drug-likeness (QED) is 0.302. The Morgan fingerprint density at radius 3 is 2.27 bits per heavy atom. The largest absolute Gasteiger partial charge is 0.391 e. The molecule has 0 heterocycles. The van der Waals surface area contributed by atoms with Crippen LogP contribution in [0.25, 0.3) is 0 Å². The number of halogens is 2. The average molecular weight is 520 g/mol. The number of nitrogens with zero attached hydrogens (tertiary/aromatic N) is 1. The van der Waals surface area contributed by atoms with Crippen LogP contribution in [0.4, 0.5) is 8.78 Å². The number of amides is 2. The minimum atomic E-state index is -1.32. The van der Waals surface area contributed by atoms with Crippen molar-refractivity contribution in [2.24, 2.45) is 17.1 Å². The fourth-order valence-electron chi connectivity index (χ4n) is 5.32. The van der Waals surface area contributed by atoms with Crippen LogP contribution in [-0.2, 0) is 16.0 Å². The molecule has 2 rings (SSSR count). The third-order valence-corrected chi connectivity index (χ3v) is 6.92. The third-order valence-electron chi connectivity index (χ3n) is 6.92. The Hall–Kier alpha value is -2.58. The number of nitrogens with two attached hydrogens (primary N) is 1. The smallest absolute Gasteiger partial charge is 0.244 e. The van der Waals surface area contributed by atoms with Crippen molar-refractivity contribution in [2.45, 2.75) is 72.3 Å². The van der Waals surface area contributed by atoms with Gasteiger partial charge in [-0.1, -0.05) is 44.9 Å². The molecule has 0 aromatic heterocycles. The van der Waals surface area contributed by atoms with Crippen LogP contribution in [0.15, 0.2) is 41.5 Å².